The van der Waals surface area contributed by atoms with E-state index in [1.165, 1.54) is 0 Å². The molecule has 1 radical (unpaired) electrons. The van der Waals surface area contributed by atoms with E-state index in [0.29, 0.717) is 0 Å². The Morgan fingerprint density at radius 2 is 0.833 bits per heavy atom. The average Bonchev–Trinajstić information content (AvgIpc) is 1.00. The Labute approximate surface area is 67.2 Å². The number of hydrogen-bond acceptors (Lipinski definition) is 1. The molecule has 0 atom stereocenters. The van der Waals surface area contributed by atoms with Gasteiger partial charge in [-0.3, -0.25) is 0 Å². The van der Waals surface area contributed by atoms with Gasteiger partial charge in [0.25, 0.3) is 0 Å². The summed E-state index contributed by atoms with van der Waals surface area (Å²) in [6, 6.07) is 0. The second kappa shape index (κ2) is 132. The molecule has 0 aromatic heterocycles. The number of nitroso groups, excluding NO2 is 1. The van der Waals surface area contributed by atoms with Crippen molar-refractivity contribution in [3.05, 3.63) is 10.5 Å². The van der Waals surface area contributed by atoms with Crippen LogP contribution >= 0.6 is 37.2 Å². The third-order valence-electron chi connectivity index (χ3n) is 0. The summed E-state index contributed by atoms with van der Waals surface area (Å²) in [5.41, 5.74) is 5.75. The summed E-state index contributed by atoms with van der Waals surface area (Å²) in [5.74, 6) is 0. The molecule has 0 rings (SSSR count). The molecule has 0 aliphatic heterocycles. The Kier molecular flexibility index (Phi) is 1320. The second-order valence-electron chi connectivity index (χ2n) is 0. The molecule has 2 nitrogen and oxygen atoms in total. The first-order valence-electron chi connectivity index (χ1n) is 0.183. The van der Waals surface area contributed by atoms with Crippen LogP contribution in [-0.2, 0) is 19.5 Å². The van der Waals surface area contributed by atoms with Gasteiger partial charge in [0.1, 0.15) is 0 Å². The molecule has 0 bridgehead atoms. The maximum absolute atomic E-state index is 7.25. The van der Waals surface area contributed by atoms with E-state index in [4.69, 9.17) is 10.5 Å². The maximum Gasteiger partial charge on any atom is 1.00 e. The minimum Gasteiger partial charge on any atom is -0.577 e. The van der Waals surface area contributed by atoms with E-state index in [9.17, 15) is 0 Å². The third-order valence-corrected chi connectivity index (χ3v) is 0. The van der Waals surface area contributed by atoms with Crippen LogP contribution in [0.3, 0.4) is 0 Å². The summed E-state index contributed by atoms with van der Waals surface area (Å²) in [6.45, 7) is 0. The van der Waals surface area contributed by atoms with Crippen LogP contribution in [0.5, 0.6) is 0 Å². The molecular formula is H3Cl3NORu. The normalized spacial score (nSPS) is 0.667. The standard InChI is InChI=1S/3ClH.NO.Ru/c;;;1-2;/h3*1H;;/q;;;-1;+1. The van der Waals surface area contributed by atoms with Gasteiger partial charge in [-0.1, -0.05) is 0 Å². The van der Waals surface area contributed by atoms with Crippen LogP contribution in [0, 0.1) is 4.91 Å². The van der Waals surface area contributed by atoms with E-state index >= 15 is 0 Å². The van der Waals surface area contributed by atoms with Gasteiger partial charge in [-0.15, -0.1) is 37.2 Å². The molecule has 0 amide bonds. The summed E-state index contributed by atoms with van der Waals surface area (Å²) in [6.07, 6.45) is 0. The first kappa shape index (κ1) is 60.1. The molecule has 43 valence electrons. The van der Waals surface area contributed by atoms with E-state index in [1.807, 2.05) is 0 Å². The zero-order valence-electron chi connectivity index (χ0n) is 2.43. The van der Waals surface area contributed by atoms with Crippen molar-refractivity contribution in [2.24, 2.45) is 0 Å². The fraction of sp³-hybridized carbons (Fsp3) is 0. The topological polar surface area (TPSA) is 39.4 Å². The molecule has 0 spiro atoms. The zero-order valence-corrected chi connectivity index (χ0v) is 6.62. The van der Waals surface area contributed by atoms with Crippen LogP contribution in [0.2, 0.25) is 0 Å². The van der Waals surface area contributed by atoms with Crippen molar-refractivity contribution in [3.63, 3.8) is 0 Å². The van der Waals surface area contributed by atoms with Gasteiger partial charge in [-0.25, -0.2) is 0 Å². The first-order chi connectivity index (χ1) is 1.00. The molecule has 0 N–H and O–H groups in total. The number of halogens is 3. The van der Waals surface area contributed by atoms with E-state index in [-0.39, 0.29) is 56.7 Å². The smallest absolute Gasteiger partial charge is 0.577 e. The van der Waals surface area contributed by atoms with Gasteiger partial charge >= 0.3 is 19.5 Å². The predicted octanol–water partition coefficient (Wildman–Crippen LogP) is 1.59. The van der Waals surface area contributed by atoms with Gasteiger partial charge in [-0.05, 0) is 0 Å². The minimum atomic E-state index is 0. The average molecular weight is 240 g/mol. The fourth-order valence-electron chi connectivity index (χ4n) is 0. The van der Waals surface area contributed by atoms with Crippen LogP contribution in [-0.4, -0.2) is 0 Å². The van der Waals surface area contributed by atoms with Crippen molar-refractivity contribution in [1.82, 2.24) is 0 Å². The zero-order chi connectivity index (χ0) is 2.00. The van der Waals surface area contributed by atoms with Crippen LogP contribution < -0.4 is 0 Å². The summed E-state index contributed by atoms with van der Waals surface area (Å²) >= 11 is 0. The van der Waals surface area contributed by atoms with Crippen LogP contribution in [0.25, 0.3) is 5.59 Å². The Morgan fingerprint density at radius 3 is 0.833 bits per heavy atom. The molecule has 6 heavy (non-hydrogen) atoms. The Balaban J connectivity index is -0.000000000833. The molecule has 0 unspecified atom stereocenters. The second-order valence-corrected chi connectivity index (χ2v) is 0. The van der Waals surface area contributed by atoms with Crippen molar-refractivity contribution in [1.29, 1.82) is 0 Å². The molecule has 0 saturated heterocycles. The van der Waals surface area contributed by atoms with Crippen molar-refractivity contribution in [2.75, 3.05) is 0 Å². The predicted molar refractivity (Wildman–Crippen MR) is 28.5 cm³/mol. The molecular weight excluding hydrogens is 237 g/mol. The van der Waals surface area contributed by atoms with Crippen molar-refractivity contribution >= 4 is 37.2 Å². The Morgan fingerprint density at radius 1 is 0.833 bits per heavy atom. The molecule has 0 saturated carbocycles. The van der Waals surface area contributed by atoms with Gasteiger partial charge in [0.05, 0.1) is 0 Å². The van der Waals surface area contributed by atoms with Crippen molar-refractivity contribution in [2.45, 2.75) is 0 Å². The molecule has 0 aromatic rings. The first-order valence-corrected chi connectivity index (χ1v) is 0.183. The third kappa shape index (κ3) is 71.4. The molecule has 0 aliphatic rings. The molecule has 6 heteroatoms. The van der Waals surface area contributed by atoms with Crippen LogP contribution in [0.1, 0.15) is 0 Å². The van der Waals surface area contributed by atoms with E-state index in [2.05, 4.69) is 0 Å². The summed E-state index contributed by atoms with van der Waals surface area (Å²) in [5, 5.41) is 0. The van der Waals surface area contributed by atoms with Crippen LogP contribution in [0.15, 0.2) is 0 Å². The number of nitrogens with zero attached hydrogens (tertiary/aromatic N) is 1. The summed E-state index contributed by atoms with van der Waals surface area (Å²) < 4.78 is 0. The molecule has 0 aliphatic carbocycles. The number of hydrogen-bond donors (Lipinski definition) is 0. The molecule has 0 aromatic carbocycles. The summed E-state index contributed by atoms with van der Waals surface area (Å²) in [4.78, 5) is 7.25. The van der Waals surface area contributed by atoms with Gasteiger partial charge < -0.3 is 10.5 Å². The van der Waals surface area contributed by atoms with Gasteiger partial charge in [0.2, 0.25) is 0 Å². The maximum atomic E-state index is 7.25. The molecule has 0 fully saturated rings. The fourth-order valence-corrected chi connectivity index (χ4v) is 0. The van der Waals surface area contributed by atoms with Gasteiger partial charge in [0, 0.05) is 0 Å². The minimum absolute atomic E-state index is 0. The van der Waals surface area contributed by atoms with E-state index < -0.39 is 0 Å². The Bertz CT molecular complexity index is 10.8. The summed E-state index contributed by atoms with van der Waals surface area (Å²) in [7, 11) is 0. The van der Waals surface area contributed by atoms with E-state index in [0.717, 1.165) is 0 Å². The van der Waals surface area contributed by atoms with Crippen molar-refractivity contribution in [3.8, 4) is 0 Å². The number of rotatable bonds is 0. The van der Waals surface area contributed by atoms with Gasteiger partial charge in [0.15, 0.2) is 0 Å². The quantitative estimate of drug-likeness (QED) is 0.593. The van der Waals surface area contributed by atoms with Crippen molar-refractivity contribution < 1.29 is 19.5 Å². The largest absolute Gasteiger partial charge is 1.00 e. The molecule has 0 heterocycles. The van der Waals surface area contributed by atoms with Crippen LogP contribution in [0.4, 0.5) is 0 Å². The van der Waals surface area contributed by atoms with Gasteiger partial charge in [-0.2, -0.15) is 0 Å². The monoisotopic (exact) mass is 240 g/mol. The SMILES string of the molecule is Cl.Cl.Cl.[N-]=O.[Ru+]. The Hall–Kier alpha value is 1.09. The van der Waals surface area contributed by atoms with E-state index in [1.54, 1.807) is 0 Å².